The summed E-state index contributed by atoms with van der Waals surface area (Å²) in [4.78, 5) is 40.5. The van der Waals surface area contributed by atoms with E-state index in [4.69, 9.17) is 0 Å². The molecule has 0 aliphatic heterocycles. The van der Waals surface area contributed by atoms with Crippen LogP contribution in [0.1, 0.15) is 0 Å². The van der Waals surface area contributed by atoms with Gasteiger partial charge < -0.3 is 31.9 Å². The van der Waals surface area contributed by atoms with Gasteiger partial charge in [0.1, 0.15) is 0 Å². The summed E-state index contributed by atoms with van der Waals surface area (Å²) in [5.74, 6) is 0. The highest BCUT2D eigenvalue weighted by molar-refractivity contribution is 6.03. The third-order valence-electron chi connectivity index (χ3n) is 8.25. The first-order valence-corrected chi connectivity index (χ1v) is 16.3. The van der Waals surface area contributed by atoms with Crippen molar-refractivity contribution in [2.75, 3.05) is 55.2 Å². The summed E-state index contributed by atoms with van der Waals surface area (Å²) in [6.07, 6.45) is 0. The van der Waals surface area contributed by atoms with E-state index in [0.717, 1.165) is 49.4 Å². The number of nitrogens with zero attached hydrogens (tertiary/aromatic N) is 1. The van der Waals surface area contributed by atoms with Crippen LogP contribution in [-0.2, 0) is 0 Å². The number of amides is 6. The van der Waals surface area contributed by atoms with E-state index in [9.17, 15) is 14.4 Å². The number of rotatable bonds is 12. The minimum Gasteiger partial charge on any atom is -0.337 e. The van der Waals surface area contributed by atoms with Crippen LogP contribution >= 0.6 is 0 Å². The lowest BCUT2D eigenvalue weighted by molar-refractivity contribution is 0.238. The molecule has 6 rings (SSSR count). The molecule has 6 aromatic rings. The van der Waals surface area contributed by atoms with Crippen molar-refractivity contribution in [1.82, 2.24) is 20.9 Å². The van der Waals surface area contributed by atoms with Gasteiger partial charge in [-0.3, -0.25) is 4.90 Å². The number of fused-ring (bicyclic) bond motifs is 3. The topological polar surface area (TPSA) is 127 Å². The number of anilines is 3. The Kier molecular flexibility index (Phi) is 10.8. The van der Waals surface area contributed by atoms with Gasteiger partial charge in [0.05, 0.1) is 17.1 Å². The molecule has 248 valence electrons. The molecule has 0 aromatic heterocycles. The number of urea groups is 3. The lowest BCUT2D eigenvalue weighted by Gasteiger charge is -2.23. The van der Waals surface area contributed by atoms with Crippen LogP contribution in [0, 0.1) is 0 Å². The second-order valence-electron chi connectivity index (χ2n) is 11.6. The fourth-order valence-electron chi connectivity index (χ4n) is 5.82. The minimum atomic E-state index is -0.309. The molecule has 49 heavy (non-hydrogen) atoms. The normalized spacial score (nSPS) is 11.0. The van der Waals surface area contributed by atoms with Gasteiger partial charge in [-0.1, -0.05) is 109 Å². The van der Waals surface area contributed by atoms with Gasteiger partial charge in [-0.2, -0.15) is 0 Å². The van der Waals surface area contributed by atoms with E-state index in [1.54, 1.807) is 0 Å². The van der Waals surface area contributed by atoms with Gasteiger partial charge >= 0.3 is 18.1 Å². The summed E-state index contributed by atoms with van der Waals surface area (Å²) < 4.78 is 0. The molecule has 0 saturated carbocycles. The van der Waals surface area contributed by atoms with Gasteiger partial charge in [0.2, 0.25) is 0 Å². The van der Waals surface area contributed by atoms with E-state index in [1.807, 2.05) is 127 Å². The van der Waals surface area contributed by atoms with Crippen LogP contribution in [0.25, 0.3) is 32.3 Å². The highest BCUT2D eigenvalue weighted by Crippen LogP contribution is 2.24. The van der Waals surface area contributed by atoms with Crippen molar-refractivity contribution in [3.63, 3.8) is 0 Å². The second kappa shape index (κ2) is 16.1. The molecule has 0 aliphatic rings. The highest BCUT2D eigenvalue weighted by atomic mass is 16.2. The Morgan fingerprint density at radius 1 is 0.388 bits per heavy atom. The molecule has 6 amide bonds. The maximum Gasteiger partial charge on any atom is 0.319 e. The third kappa shape index (κ3) is 8.82. The molecule has 10 heteroatoms. The van der Waals surface area contributed by atoms with E-state index in [2.05, 4.69) is 36.8 Å². The summed E-state index contributed by atoms with van der Waals surface area (Å²) in [6, 6.07) is 40.1. The average Bonchev–Trinajstić information content (AvgIpc) is 3.12. The zero-order valence-corrected chi connectivity index (χ0v) is 27.0. The molecule has 0 heterocycles. The molecular weight excluding hydrogens is 614 g/mol. The van der Waals surface area contributed by atoms with Crippen LogP contribution in [0.4, 0.5) is 31.4 Å². The summed E-state index contributed by atoms with van der Waals surface area (Å²) in [5.41, 5.74) is 2.20. The first-order chi connectivity index (χ1) is 24.0. The predicted octanol–water partition coefficient (Wildman–Crippen LogP) is 7.21. The van der Waals surface area contributed by atoms with Crippen molar-refractivity contribution in [2.45, 2.75) is 0 Å². The number of carbonyl (C=O) groups excluding carboxylic acids is 3. The van der Waals surface area contributed by atoms with E-state index >= 15 is 0 Å². The van der Waals surface area contributed by atoms with Crippen molar-refractivity contribution in [1.29, 1.82) is 0 Å². The van der Waals surface area contributed by atoms with Crippen LogP contribution in [-0.4, -0.2) is 62.3 Å². The summed E-state index contributed by atoms with van der Waals surface area (Å²) in [6.45, 7) is 2.59. The van der Waals surface area contributed by atoms with Gasteiger partial charge in [-0.05, 0) is 34.4 Å². The number of hydrogen-bond donors (Lipinski definition) is 6. The molecule has 0 spiro atoms. The maximum atomic E-state index is 12.8. The molecule has 10 nitrogen and oxygen atoms in total. The van der Waals surface area contributed by atoms with Crippen LogP contribution < -0.4 is 31.9 Å². The molecule has 6 N–H and O–H groups in total. The van der Waals surface area contributed by atoms with Crippen LogP contribution in [0.2, 0.25) is 0 Å². The minimum absolute atomic E-state index is 0.309. The van der Waals surface area contributed by atoms with E-state index in [0.29, 0.717) is 39.3 Å². The Morgan fingerprint density at radius 3 is 1.00 bits per heavy atom. The molecule has 0 aliphatic carbocycles. The van der Waals surface area contributed by atoms with E-state index < -0.39 is 0 Å². The molecule has 0 atom stereocenters. The standard InChI is InChI=1S/C39H39N7O3/c47-37(43-34-19-7-13-28-10-1-4-16-31(28)34)40-22-25-46(26-23-41-38(48)44-35-20-8-14-29-11-2-5-17-32(29)35)27-24-42-39(49)45-36-21-9-15-30-12-3-6-18-33(30)36/h1-21H,22-27H2,(H2,40,43,47)(H2,41,44,48)(H2,42,45,49). The zero-order chi connectivity index (χ0) is 33.8. The summed E-state index contributed by atoms with van der Waals surface area (Å²) in [5, 5.41) is 23.6. The molecule has 6 aromatic carbocycles. The van der Waals surface area contributed by atoms with Crippen LogP contribution in [0.3, 0.4) is 0 Å². The SMILES string of the molecule is O=C(NCCN(CCNC(=O)Nc1cccc2ccccc12)CCNC(=O)Nc1cccc2ccccc12)Nc1cccc2ccccc12. The molecule has 0 unspecified atom stereocenters. The molecule has 0 radical (unpaired) electrons. The predicted molar refractivity (Wildman–Crippen MR) is 199 cm³/mol. The Morgan fingerprint density at radius 2 is 0.673 bits per heavy atom. The van der Waals surface area contributed by atoms with E-state index in [1.165, 1.54) is 0 Å². The highest BCUT2D eigenvalue weighted by Gasteiger charge is 2.11. The van der Waals surface area contributed by atoms with Crippen molar-refractivity contribution >= 4 is 67.5 Å². The van der Waals surface area contributed by atoms with Crippen LogP contribution in [0.15, 0.2) is 127 Å². The molecular formula is C39H39N7O3. The van der Waals surface area contributed by atoms with Crippen LogP contribution in [0.5, 0.6) is 0 Å². The Bertz CT molecular complexity index is 1830. The molecule has 0 bridgehead atoms. The fraction of sp³-hybridized carbons (Fsp3) is 0.154. The van der Waals surface area contributed by atoms with Crippen molar-refractivity contribution in [3.05, 3.63) is 127 Å². The van der Waals surface area contributed by atoms with Gasteiger partial charge in [-0.15, -0.1) is 0 Å². The molecule has 0 saturated heterocycles. The largest absolute Gasteiger partial charge is 0.337 e. The summed E-state index contributed by atoms with van der Waals surface area (Å²) in [7, 11) is 0. The Labute approximate surface area is 284 Å². The van der Waals surface area contributed by atoms with Gasteiger partial charge in [0.15, 0.2) is 0 Å². The number of nitrogens with one attached hydrogen (secondary N) is 6. The Hall–Kier alpha value is -6.13. The zero-order valence-electron chi connectivity index (χ0n) is 27.0. The first kappa shape index (κ1) is 32.8. The lowest BCUT2D eigenvalue weighted by Crippen LogP contribution is -2.44. The van der Waals surface area contributed by atoms with Crippen molar-refractivity contribution in [2.24, 2.45) is 0 Å². The number of hydrogen-bond acceptors (Lipinski definition) is 4. The first-order valence-electron chi connectivity index (χ1n) is 16.3. The number of benzene rings is 6. The van der Waals surface area contributed by atoms with Gasteiger partial charge in [-0.25, -0.2) is 14.4 Å². The second-order valence-corrected chi connectivity index (χ2v) is 11.6. The third-order valence-corrected chi connectivity index (χ3v) is 8.25. The summed E-state index contributed by atoms with van der Waals surface area (Å²) >= 11 is 0. The fourth-order valence-corrected chi connectivity index (χ4v) is 5.82. The quantitative estimate of drug-likeness (QED) is 0.0835. The van der Waals surface area contributed by atoms with Gasteiger partial charge in [0, 0.05) is 55.4 Å². The Balaban J connectivity index is 1.02. The lowest BCUT2D eigenvalue weighted by atomic mass is 10.1. The maximum absolute atomic E-state index is 12.8. The average molecular weight is 654 g/mol. The van der Waals surface area contributed by atoms with Crippen molar-refractivity contribution in [3.8, 4) is 0 Å². The smallest absolute Gasteiger partial charge is 0.319 e. The van der Waals surface area contributed by atoms with Gasteiger partial charge in [0.25, 0.3) is 0 Å². The monoisotopic (exact) mass is 653 g/mol. The molecule has 0 fully saturated rings. The number of carbonyl (C=O) groups is 3. The van der Waals surface area contributed by atoms with Crippen molar-refractivity contribution < 1.29 is 14.4 Å². The van der Waals surface area contributed by atoms with E-state index in [-0.39, 0.29) is 18.1 Å².